The summed E-state index contributed by atoms with van der Waals surface area (Å²) in [5.74, 6) is -0.966. The Kier molecular flexibility index (Phi) is 6.66. The average molecular weight is 441 g/mol. The van der Waals surface area contributed by atoms with Crippen molar-refractivity contribution in [1.29, 1.82) is 5.26 Å². The highest BCUT2D eigenvalue weighted by molar-refractivity contribution is 7.99. The lowest BCUT2D eigenvalue weighted by molar-refractivity contribution is -0.112. The zero-order chi connectivity index (χ0) is 21.7. The molecular formula is C20H16N4O4S2. The Bertz CT molecular complexity index is 1160. The van der Waals surface area contributed by atoms with Crippen LogP contribution >= 0.6 is 23.3 Å². The third-order valence-electron chi connectivity index (χ3n) is 3.64. The summed E-state index contributed by atoms with van der Waals surface area (Å²) in [5.41, 5.74) is 0.537. The molecule has 8 nitrogen and oxygen atoms in total. The van der Waals surface area contributed by atoms with Crippen LogP contribution in [-0.2, 0) is 4.79 Å². The number of hydrogen-bond acceptors (Lipinski definition) is 8. The van der Waals surface area contributed by atoms with Gasteiger partial charge in [0.05, 0.1) is 5.56 Å². The molecule has 10 heteroatoms. The van der Waals surface area contributed by atoms with E-state index in [1.54, 1.807) is 24.3 Å². The highest BCUT2D eigenvalue weighted by Gasteiger charge is 2.15. The van der Waals surface area contributed by atoms with E-state index in [4.69, 9.17) is 9.52 Å². The van der Waals surface area contributed by atoms with Gasteiger partial charge in [0.1, 0.15) is 23.2 Å². The molecule has 0 unspecified atom stereocenters. The Morgan fingerprint density at radius 2 is 2.13 bits per heavy atom. The van der Waals surface area contributed by atoms with Gasteiger partial charge in [-0.25, -0.2) is 4.79 Å². The second kappa shape index (κ2) is 9.39. The third-order valence-corrected chi connectivity index (χ3v) is 5.25. The number of carbonyl (C=O) groups is 2. The van der Waals surface area contributed by atoms with Gasteiger partial charge in [-0.2, -0.15) is 14.6 Å². The van der Waals surface area contributed by atoms with Crippen LogP contribution in [0.3, 0.4) is 0 Å². The fraction of sp³-hybridized carbons (Fsp3) is 0.150. The molecule has 2 aromatic heterocycles. The van der Waals surface area contributed by atoms with E-state index >= 15 is 0 Å². The largest absolute Gasteiger partial charge is 0.478 e. The molecule has 0 saturated heterocycles. The maximum absolute atomic E-state index is 12.4. The highest BCUT2D eigenvalue weighted by atomic mass is 32.2. The number of amides is 1. The van der Waals surface area contributed by atoms with Crippen LogP contribution in [0.2, 0.25) is 0 Å². The van der Waals surface area contributed by atoms with Crippen molar-refractivity contribution in [3.63, 3.8) is 0 Å². The second-order valence-corrected chi connectivity index (χ2v) is 8.56. The van der Waals surface area contributed by atoms with Gasteiger partial charge in [-0.1, -0.05) is 37.7 Å². The van der Waals surface area contributed by atoms with E-state index in [2.05, 4.69) is 14.7 Å². The average Bonchev–Trinajstić information content (AvgIpc) is 3.35. The predicted molar refractivity (Wildman–Crippen MR) is 114 cm³/mol. The van der Waals surface area contributed by atoms with Crippen LogP contribution in [0.5, 0.6) is 0 Å². The van der Waals surface area contributed by atoms with E-state index in [1.807, 2.05) is 19.9 Å². The molecule has 2 heterocycles. The lowest BCUT2D eigenvalue weighted by Crippen LogP contribution is -2.13. The van der Waals surface area contributed by atoms with Gasteiger partial charge in [-0.3, -0.25) is 10.1 Å². The van der Waals surface area contributed by atoms with Gasteiger partial charge in [0.2, 0.25) is 10.3 Å². The number of rotatable bonds is 7. The molecule has 0 saturated carbocycles. The number of anilines is 1. The summed E-state index contributed by atoms with van der Waals surface area (Å²) in [6, 6.07) is 11.4. The molecule has 0 fully saturated rings. The zero-order valence-electron chi connectivity index (χ0n) is 15.9. The van der Waals surface area contributed by atoms with Crippen molar-refractivity contribution in [1.82, 2.24) is 9.36 Å². The van der Waals surface area contributed by atoms with Crippen LogP contribution in [0.1, 0.15) is 30.0 Å². The molecule has 3 rings (SSSR count). The smallest absolute Gasteiger partial charge is 0.335 e. The Morgan fingerprint density at radius 3 is 2.83 bits per heavy atom. The number of aromatic nitrogens is 2. The van der Waals surface area contributed by atoms with Crippen molar-refractivity contribution >= 4 is 46.4 Å². The molecule has 1 aromatic carbocycles. The Balaban J connectivity index is 1.76. The van der Waals surface area contributed by atoms with Gasteiger partial charge in [-0.15, -0.1) is 0 Å². The first-order chi connectivity index (χ1) is 14.4. The maximum Gasteiger partial charge on any atom is 0.335 e. The molecular weight excluding hydrogens is 424 g/mol. The lowest BCUT2D eigenvalue weighted by atomic mass is 10.1. The van der Waals surface area contributed by atoms with Gasteiger partial charge in [0, 0.05) is 28.4 Å². The number of carbonyl (C=O) groups excluding carboxylic acids is 1. The van der Waals surface area contributed by atoms with Crippen molar-refractivity contribution in [3.8, 4) is 17.4 Å². The SMILES string of the molecule is CC(C)Sc1nsc(NC(=O)C(C#N)=Cc2ccc(-c3cccc(C(=O)O)c3)o2)n1. The van der Waals surface area contributed by atoms with E-state index in [-0.39, 0.29) is 16.9 Å². The molecule has 0 aliphatic carbocycles. The van der Waals surface area contributed by atoms with Crippen LogP contribution < -0.4 is 5.32 Å². The molecule has 1 amide bonds. The first-order valence-electron chi connectivity index (χ1n) is 8.73. The van der Waals surface area contributed by atoms with Gasteiger partial charge >= 0.3 is 5.97 Å². The van der Waals surface area contributed by atoms with Gasteiger partial charge in [0.25, 0.3) is 5.91 Å². The molecule has 2 N–H and O–H groups in total. The number of furan rings is 1. The summed E-state index contributed by atoms with van der Waals surface area (Å²) in [4.78, 5) is 27.7. The summed E-state index contributed by atoms with van der Waals surface area (Å²) >= 11 is 2.51. The summed E-state index contributed by atoms with van der Waals surface area (Å²) in [5, 5.41) is 22.2. The number of nitriles is 1. The van der Waals surface area contributed by atoms with Crippen LogP contribution in [0.4, 0.5) is 5.13 Å². The standard InChI is InChI=1S/C20H16N4O4S2/c1-11(2)29-20-23-19(30-24-20)22-17(25)14(10-21)9-15-6-7-16(28-15)12-4-3-5-13(8-12)18(26)27/h3-9,11H,1-2H3,(H,26,27)(H,22,23,24,25). The molecule has 0 aliphatic rings. The van der Waals surface area contributed by atoms with E-state index in [0.717, 1.165) is 11.5 Å². The molecule has 3 aromatic rings. The summed E-state index contributed by atoms with van der Waals surface area (Å²) in [6.07, 6.45) is 1.31. The predicted octanol–water partition coefficient (Wildman–Crippen LogP) is 4.54. The minimum atomic E-state index is -1.04. The number of nitrogens with one attached hydrogen (secondary N) is 1. The topological polar surface area (TPSA) is 129 Å². The van der Waals surface area contributed by atoms with Crippen molar-refractivity contribution in [2.24, 2.45) is 0 Å². The van der Waals surface area contributed by atoms with Gasteiger partial charge in [0.15, 0.2) is 0 Å². The summed E-state index contributed by atoms with van der Waals surface area (Å²) < 4.78 is 9.81. The Hall–Kier alpha value is -3.42. The fourth-order valence-corrected chi connectivity index (χ4v) is 3.74. The molecule has 152 valence electrons. The Labute approximate surface area is 180 Å². The van der Waals surface area contributed by atoms with Crippen molar-refractivity contribution in [2.75, 3.05) is 5.32 Å². The van der Waals surface area contributed by atoms with Gasteiger partial charge < -0.3 is 9.52 Å². The molecule has 0 spiro atoms. The monoisotopic (exact) mass is 440 g/mol. The number of benzene rings is 1. The third kappa shape index (κ3) is 5.34. The molecule has 0 radical (unpaired) electrons. The fourth-order valence-electron chi connectivity index (χ4n) is 2.37. The summed E-state index contributed by atoms with van der Waals surface area (Å²) in [6.45, 7) is 4.02. The van der Waals surface area contributed by atoms with E-state index in [9.17, 15) is 14.9 Å². The Morgan fingerprint density at radius 1 is 1.33 bits per heavy atom. The molecule has 0 aliphatic heterocycles. The maximum atomic E-state index is 12.4. The quantitative estimate of drug-likeness (QED) is 0.311. The van der Waals surface area contributed by atoms with Crippen molar-refractivity contribution < 1.29 is 19.1 Å². The van der Waals surface area contributed by atoms with Crippen LogP contribution in [0.25, 0.3) is 17.4 Å². The van der Waals surface area contributed by atoms with Crippen LogP contribution in [-0.4, -0.2) is 31.6 Å². The number of nitrogens with zero attached hydrogens (tertiary/aromatic N) is 3. The van der Waals surface area contributed by atoms with Crippen molar-refractivity contribution in [2.45, 2.75) is 24.3 Å². The number of carboxylic acid groups (broad SMARTS) is 1. The number of aromatic carboxylic acids is 1. The number of thioether (sulfide) groups is 1. The normalized spacial score (nSPS) is 11.3. The highest BCUT2D eigenvalue weighted by Crippen LogP contribution is 2.26. The number of hydrogen-bond donors (Lipinski definition) is 2. The first kappa shape index (κ1) is 21.3. The lowest BCUT2D eigenvalue weighted by Gasteiger charge is -2.00. The number of carboxylic acids is 1. The van der Waals surface area contributed by atoms with E-state index in [1.165, 1.54) is 30.0 Å². The first-order valence-corrected chi connectivity index (χ1v) is 10.4. The minimum absolute atomic E-state index is 0.130. The van der Waals surface area contributed by atoms with Crippen molar-refractivity contribution in [3.05, 3.63) is 53.3 Å². The second-order valence-electron chi connectivity index (χ2n) is 6.26. The van der Waals surface area contributed by atoms with E-state index in [0.29, 0.717) is 26.9 Å². The van der Waals surface area contributed by atoms with Crippen LogP contribution in [0.15, 0.2) is 51.5 Å². The van der Waals surface area contributed by atoms with Crippen LogP contribution in [0, 0.1) is 11.3 Å². The molecule has 30 heavy (non-hydrogen) atoms. The minimum Gasteiger partial charge on any atom is -0.478 e. The van der Waals surface area contributed by atoms with Gasteiger partial charge in [-0.05, 0) is 24.3 Å². The summed E-state index contributed by atoms with van der Waals surface area (Å²) in [7, 11) is 0. The zero-order valence-corrected chi connectivity index (χ0v) is 17.6. The van der Waals surface area contributed by atoms with E-state index < -0.39 is 11.9 Å². The molecule has 0 atom stereocenters. The molecule has 0 bridgehead atoms.